The summed E-state index contributed by atoms with van der Waals surface area (Å²) in [6.07, 6.45) is 0. The summed E-state index contributed by atoms with van der Waals surface area (Å²) in [4.78, 5) is 6.43. The fourth-order valence-corrected chi connectivity index (χ4v) is 2.11. The molecule has 0 spiro atoms. The van der Waals surface area contributed by atoms with E-state index in [1.807, 2.05) is 0 Å². The first-order valence-electron chi connectivity index (χ1n) is 5.00. The minimum atomic E-state index is 0. The molecule has 1 aromatic heterocycles. The monoisotopic (exact) mass is 353 g/mol. The summed E-state index contributed by atoms with van der Waals surface area (Å²) in [5.41, 5.74) is 7.11. The molecule has 1 fully saturated rings. The number of nitrogens with zero attached hydrogens (tertiary/aromatic N) is 2. The average Bonchev–Trinajstić information content (AvgIpc) is 2.80. The Labute approximate surface area is 117 Å². The molecule has 2 heterocycles. The zero-order valence-electron chi connectivity index (χ0n) is 8.96. The molecule has 0 unspecified atom stereocenters. The maximum absolute atomic E-state index is 5.89. The number of nitrogens with two attached hydrogens (primary N) is 1. The third kappa shape index (κ3) is 3.91. The summed E-state index contributed by atoms with van der Waals surface area (Å²) in [6.45, 7) is 3.86. The van der Waals surface area contributed by atoms with E-state index in [1.165, 1.54) is 5.56 Å². The number of morpholine rings is 1. The largest absolute Gasteiger partial charge is 0.378 e. The first-order valence-corrected chi connectivity index (χ1v) is 5.94. The minimum Gasteiger partial charge on any atom is -0.378 e. The van der Waals surface area contributed by atoms with Crippen molar-refractivity contribution in [2.45, 2.75) is 6.54 Å². The number of rotatable bonds is 2. The molecule has 1 aliphatic heterocycles. The molecule has 1 saturated heterocycles. The van der Waals surface area contributed by atoms with Crippen LogP contribution in [0.4, 0.5) is 0 Å². The first-order chi connectivity index (χ1) is 7.36. The number of halogens is 1. The van der Waals surface area contributed by atoms with E-state index in [4.69, 9.17) is 10.5 Å². The van der Waals surface area contributed by atoms with Crippen LogP contribution in [-0.4, -0.2) is 37.2 Å². The lowest BCUT2D eigenvalue weighted by Gasteiger charge is -2.27. The second kappa shape index (κ2) is 7.08. The predicted molar refractivity (Wildman–Crippen MR) is 77.5 cm³/mol. The van der Waals surface area contributed by atoms with Crippen molar-refractivity contribution in [1.29, 1.82) is 0 Å². The lowest BCUT2D eigenvalue weighted by atomic mass is 10.3. The van der Waals surface area contributed by atoms with Crippen molar-refractivity contribution in [1.82, 2.24) is 4.90 Å². The molecule has 1 aromatic rings. The molecular weight excluding hydrogens is 337 g/mol. The Morgan fingerprint density at radius 3 is 2.88 bits per heavy atom. The molecule has 0 saturated carbocycles. The van der Waals surface area contributed by atoms with Gasteiger partial charge in [0.1, 0.15) is 0 Å². The van der Waals surface area contributed by atoms with E-state index < -0.39 is 0 Å². The van der Waals surface area contributed by atoms with Crippen LogP contribution in [0.1, 0.15) is 5.56 Å². The molecule has 0 bridgehead atoms. The summed E-state index contributed by atoms with van der Waals surface area (Å²) < 4.78 is 5.25. The minimum absolute atomic E-state index is 0. The Balaban J connectivity index is 0.00000128. The third-order valence-electron chi connectivity index (χ3n) is 2.34. The van der Waals surface area contributed by atoms with Crippen LogP contribution in [0.25, 0.3) is 0 Å². The van der Waals surface area contributed by atoms with Crippen molar-refractivity contribution in [3.63, 3.8) is 0 Å². The molecule has 16 heavy (non-hydrogen) atoms. The first kappa shape index (κ1) is 13.7. The van der Waals surface area contributed by atoms with E-state index in [1.54, 1.807) is 11.3 Å². The van der Waals surface area contributed by atoms with Gasteiger partial charge in [-0.25, -0.2) is 4.99 Å². The number of guanidine groups is 1. The Bertz CT molecular complexity index is 323. The third-order valence-corrected chi connectivity index (χ3v) is 3.07. The van der Waals surface area contributed by atoms with E-state index in [0.29, 0.717) is 12.5 Å². The quantitative estimate of drug-likeness (QED) is 0.498. The van der Waals surface area contributed by atoms with Crippen LogP contribution in [0.5, 0.6) is 0 Å². The Kier molecular flexibility index (Phi) is 6.07. The van der Waals surface area contributed by atoms with Crippen molar-refractivity contribution in [2.75, 3.05) is 26.3 Å². The Morgan fingerprint density at radius 1 is 1.50 bits per heavy atom. The number of hydrogen-bond donors (Lipinski definition) is 1. The highest BCUT2D eigenvalue weighted by Crippen LogP contribution is 2.07. The lowest BCUT2D eigenvalue weighted by molar-refractivity contribution is 0.0674. The van der Waals surface area contributed by atoms with Crippen molar-refractivity contribution in [2.24, 2.45) is 10.7 Å². The van der Waals surface area contributed by atoms with Crippen molar-refractivity contribution < 1.29 is 4.74 Å². The SMILES string of the molecule is I.NC(=NCc1ccsc1)N1CCOCC1. The number of aliphatic imine (C=N–C) groups is 1. The molecular formula is C10H16IN3OS. The van der Waals surface area contributed by atoms with E-state index in [2.05, 4.69) is 26.7 Å². The fourth-order valence-electron chi connectivity index (χ4n) is 1.45. The van der Waals surface area contributed by atoms with Crippen molar-refractivity contribution >= 4 is 41.3 Å². The maximum atomic E-state index is 5.89. The van der Waals surface area contributed by atoms with Gasteiger partial charge in [-0.1, -0.05) is 0 Å². The van der Waals surface area contributed by atoms with Gasteiger partial charge < -0.3 is 15.4 Å². The van der Waals surface area contributed by atoms with Crippen LogP contribution in [-0.2, 0) is 11.3 Å². The van der Waals surface area contributed by atoms with Crippen molar-refractivity contribution in [3.05, 3.63) is 22.4 Å². The summed E-state index contributed by atoms with van der Waals surface area (Å²) in [7, 11) is 0. The van der Waals surface area contributed by atoms with E-state index in [-0.39, 0.29) is 24.0 Å². The molecule has 0 atom stereocenters. The molecule has 90 valence electrons. The van der Waals surface area contributed by atoms with Gasteiger partial charge in [0, 0.05) is 13.1 Å². The van der Waals surface area contributed by atoms with Gasteiger partial charge >= 0.3 is 0 Å². The van der Waals surface area contributed by atoms with Gasteiger partial charge in [-0.2, -0.15) is 11.3 Å². The fraction of sp³-hybridized carbons (Fsp3) is 0.500. The highest BCUT2D eigenvalue weighted by atomic mass is 127. The lowest BCUT2D eigenvalue weighted by Crippen LogP contribution is -2.44. The number of thiophene rings is 1. The molecule has 6 heteroatoms. The highest BCUT2D eigenvalue weighted by Gasteiger charge is 2.11. The zero-order chi connectivity index (χ0) is 10.5. The van der Waals surface area contributed by atoms with E-state index in [0.717, 1.165) is 26.3 Å². The molecule has 2 rings (SSSR count). The summed E-state index contributed by atoms with van der Waals surface area (Å²) in [6, 6.07) is 2.07. The smallest absolute Gasteiger partial charge is 0.191 e. The van der Waals surface area contributed by atoms with Gasteiger partial charge in [0.05, 0.1) is 19.8 Å². The topological polar surface area (TPSA) is 50.8 Å². The second-order valence-electron chi connectivity index (χ2n) is 3.41. The van der Waals surface area contributed by atoms with Crippen LogP contribution in [0.3, 0.4) is 0 Å². The van der Waals surface area contributed by atoms with Crippen LogP contribution in [0.15, 0.2) is 21.8 Å². The van der Waals surface area contributed by atoms with Crippen molar-refractivity contribution in [3.8, 4) is 0 Å². The van der Waals surface area contributed by atoms with Crippen LogP contribution in [0, 0.1) is 0 Å². The number of ether oxygens (including phenoxy) is 1. The predicted octanol–water partition coefficient (Wildman–Crippen LogP) is 1.51. The molecule has 0 aliphatic carbocycles. The van der Waals surface area contributed by atoms with Gasteiger partial charge in [-0.05, 0) is 22.4 Å². The number of hydrogen-bond acceptors (Lipinski definition) is 3. The Morgan fingerprint density at radius 2 is 2.25 bits per heavy atom. The summed E-state index contributed by atoms with van der Waals surface area (Å²) in [5, 5.41) is 4.14. The van der Waals surface area contributed by atoms with Gasteiger partial charge in [-0.15, -0.1) is 24.0 Å². The van der Waals surface area contributed by atoms with Gasteiger partial charge in [-0.3, -0.25) is 0 Å². The Hall–Kier alpha value is -0.340. The summed E-state index contributed by atoms with van der Waals surface area (Å²) >= 11 is 1.68. The molecule has 1 aliphatic rings. The maximum Gasteiger partial charge on any atom is 0.191 e. The van der Waals surface area contributed by atoms with Gasteiger partial charge in [0.15, 0.2) is 5.96 Å². The normalized spacial score (nSPS) is 17.0. The van der Waals surface area contributed by atoms with E-state index in [9.17, 15) is 0 Å². The van der Waals surface area contributed by atoms with Gasteiger partial charge in [0.25, 0.3) is 0 Å². The van der Waals surface area contributed by atoms with E-state index >= 15 is 0 Å². The van der Waals surface area contributed by atoms with Crippen LogP contribution in [0.2, 0.25) is 0 Å². The molecule has 4 nitrogen and oxygen atoms in total. The second-order valence-corrected chi connectivity index (χ2v) is 4.19. The molecule has 0 radical (unpaired) electrons. The highest BCUT2D eigenvalue weighted by molar-refractivity contribution is 14.0. The molecule has 0 aromatic carbocycles. The summed E-state index contributed by atoms with van der Waals surface area (Å²) in [5.74, 6) is 0.629. The van der Waals surface area contributed by atoms with Crippen LogP contribution < -0.4 is 5.73 Å². The van der Waals surface area contributed by atoms with Crippen LogP contribution >= 0.6 is 35.3 Å². The molecule has 0 amide bonds. The zero-order valence-corrected chi connectivity index (χ0v) is 12.1. The average molecular weight is 353 g/mol. The molecule has 2 N–H and O–H groups in total. The van der Waals surface area contributed by atoms with Gasteiger partial charge in [0.2, 0.25) is 0 Å². The standard InChI is InChI=1S/C10H15N3OS.HI/c11-10(13-2-4-14-5-3-13)12-7-9-1-6-15-8-9;/h1,6,8H,2-5,7H2,(H2,11,12);1H.